The van der Waals surface area contributed by atoms with Gasteiger partial charge in [-0.15, -0.1) is 0 Å². The Hall–Kier alpha value is -2.19. The van der Waals surface area contributed by atoms with Gasteiger partial charge in [-0.25, -0.2) is 0 Å². The molecule has 8 heteroatoms. The van der Waals surface area contributed by atoms with Crippen molar-refractivity contribution in [1.82, 2.24) is 4.90 Å². The predicted molar refractivity (Wildman–Crippen MR) is 86.1 cm³/mol. The number of aliphatic hydroxyl groups is 1. The molecular formula is C15H22N4O4. The van der Waals surface area contributed by atoms with Crippen LogP contribution in [0.3, 0.4) is 0 Å². The molecule has 1 heterocycles. The highest BCUT2D eigenvalue weighted by molar-refractivity contribution is 6.00. The van der Waals surface area contributed by atoms with Crippen molar-refractivity contribution in [3.8, 4) is 0 Å². The molecule has 23 heavy (non-hydrogen) atoms. The van der Waals surface area contributed by atoms with Crippen molar-refractivity contribution in [3.05, 3.63) is 39.9 Å². The van der Waals surface area contributed by atoms with E-state index in [4.69, 9.17) is 10.6 Å². The van der Waals surface area contributed by atoms with Gasteiger partial charge in [0.15, 0.2) is 5.84 Å². The quantitative estimate of drug-likeness (QED) is 0.336. The number of para-hydroxylation sites is 1. The number of benzene rings is 1. The van der Waals surface area contributed by atoms with E-state index < -0.39 is 11.0 Å². The zero-order chi connectivity index (χ0) is 16.7. The Labute approximate surface area is 134 Å². The average Bonchev–Trinajstić information content (AvgIpc) is 2.55. The number of hydrogen-bond donors (Lipinski definition) is 2. The molecule has 0 spiro atoms. The Balaban J connectivity index is 1.86. The summed E-state index contributed by atoms with van der Waals surface area (Å²) < 4.78 is 0. The van der Waals surface area contributed by atoms with Crippen molar-refractivity contribution in [1.29, 1.82) is 0 Å². The lowest BCUT2D eigenvalue weighted by atomic mass is 10.1. The molecule has 0 aliphatic carbocycles. The minimum atomic E-state index is -0.671. The van der Waals surface area contributed by atoms with E-state index in [1.165, 1.54) is 18.6 Å². The van der Waals surface area contributed by atoms with E-state index in [0.717, 1.165) is 25.9 Å². The first-order chi connectivity index (χ1) is 11.1. The van der Waals surface area contributed by atoms with Crippen molar-refractivity contribution in [2.75, 3.05) is 26.2 Å². The van der Waals surface area contributed by atoms with Crippen molar-refractivity contribution >= 4 is 11.5 Å². The fraction of sp³-hybridized carbons (Fsp3) is 0.533. The van der Waals surface area contributed by atoms with Gasteiger partial charge in [-0.2, -0.15) is 0 Å². The van der Waals surface area contributed by atoms with Crippen LogP contribution in [0, 0.1) is 10.1 Å². The van der Waals surface area contributed by atoms with Crippen LogP contribution >= 0.6 is 0 Å². The van der Waals surface area contributed by atoms with Crippen molar-refractivity contribution in [2.24, 2.45) is 10.9 Å². The number of β-amino-alcohol motifs (C(OH)–C–C–N with tert-alkyl or cyclic N) is 1. The van der Waals surface area contributed by atoms with Crippen LogP contribution in [0.25, 0.3) is 0 Å². The molecule has 0 bridgehead atoms. The van der Waals surface area contributed by atoms with Gasteiger partial charge in [0.1, 0.15) is 12.7 Å². The number of nitro benzene ring substituents is 1. The van der Waals surface area contributed by atoms with Gasteiger partial charge in [-0.05, 0) is 32.0 Å². The highest BCUT2D eigenvalue weighted by atomic mass is 16.6. The van der Waals surface area contributed by atoms with Crippen LogP contribution in [0.1, 0.15) is 24.8 Å². The molecule has 0 amide bonds. The summed E-state index contributed by atoms with van der Waals surface area (Å²) >= 11 is 0. The summed E-state index contributed by atoms with van der Waals surface area (Å²) in [7, 11) is 0. The molecule has 126 valence electrons. The number of nitrogens with zero attached hydrogens (tertiary/aromatic N) is 3. The van der Waals surface area contributed by atoms with Crippen LogP contribution in [0.15, 0.2) is 29.4 Å². The van der Waals surface area contributed by atoms with Gasteiger partial charge in [0.2, 0.25) is 0 Å². The monoisotopic (exact) mass is 322 g/mol. The number of aliphatic hydroxyl groups excluding tert-OH is 1. The topological polar surface area (TPSA) is 114 Å². The molecule has 1 aliphatic heterocycles. The summed E-state index contributed by atoms with van der Waals surface area (Å²) in [6.07, 6.45) is 2.86. The summed E-state index contributed by atoms with van der Waals surface area (Å²) in [5.74, 6) is -0.0810. The minimum absolute atomic E-state index is 0.00215. The Morgan fingerprint density at radius 3 is 2.78 bits per heavy atom. The Morgan fingerprint density at radius 2 is 2.09 bits per heavy atom. The first-order valence-corrected chi connectivity index (χ1v) is 7.67. The molecule has 1 unspecified atom stereocenters. The molecule has 1 fully saturated rings. The molecular weight excluding hydrogens is 300 g/mol. The molecule has 2 rings (SSSR count). The summed E-state index contributed by atoms with van der Waals surface area (Å²) in [5.41, 5.74) is 5.80. The molecule has 1 aromatic carbocycles. The van der Waals surface area contributed by atoms with Gasteiger partial charge >= 0.3 is 0 Å². The number of amidine groups is 1. The molecule has 1 atom stereocenters. The average molecular weight is 322 g/mol. The molecule has 0 aromatic heterocycles. The maximum Gasteiger partial charge on any atom is 0.280 e. The molecule has 0 radical (unpaired) electrons. The zero-order valence-electron chi connectivity index (χ0n) is 12.9. The van der Waals surface area contributed by atoms with Crippen LogP contribution in [0.5, 0.6) is 0 Å². The molecule has 8 nitrogen and oxygen atoms in total. The fourth-order valence-corrected chi connectivity index (χ4v) is 2.58. The van der Waals surface area contributed by atoms with E-state index in [1.807, 2.05) is 0 Å². The number of hydrogen-bond acceptors (Lipinski definition) is 6. The largest absolute Gasteiger partial charge is 0.391 e. The molecule has 1 aromatic rings. The maximum atomic E-state index is 10.9. The number of nitro groups is 1. The van der Waals surface area contributed by atoms with Crippen molar-refractivity contribution < 1.29 is 14.9 Å². The van der Waals surface area contributed by atoms with E-state index in [-0.39, 0.29) is 23.7 Å². The molecule has 3 N–H and O–H groups in total. The first-order valence-electron chi connectivity index (χ1n) is 7.67. The normalized spacial score (nSPS) is 17.7. The highest BCUT2D eigenvalue weighted by Gasteiger charge is 2.17. The lowest BCUT2D eigenvalue weighted by Crippen LogP contribution is -2.38. The van der Waals surface area contributed by atoms with Gasteiger partial charge in [0.05, 0.1) is 10.5 Å². The SMILES string of the molecule is N/C(=N/OCC(O)CN1CCCCC1)c1ccccc1[N+](=O)[O-]. The third-order valence-electron chi connectivity index (χ3n) is 3.72. The third kappa shape index (κ3) is 5.19. The fourth-order valence-electron chi connectivity index (χ4n) is 2.58. The van der Waals surface area contributed by atoms with Gasteiger partial charge < -0.3 is 20.6 Å². The minimum Gasteiger partial charge on any atom is -0.391 e. The summed E-state index contributed by atoms with van der Waals surface area (Å²) in [5, 5.41) is 24.6. The second-order valence-electron chi connectivity index (χ2n) is 5.56. The van der Waals surface area contributed by atoms with Crippen molar-refractivity contribution in [3.63, 3.8) is 0 Å². The Kier molecular flexibility index (Phi) is 6.30. The Morgan fingerprint density at radius 1 is 1.39 bits per heavy atom. The summed E-state index contributed by atoms with van der Waals surface area (Å²) in [6, 6.07) is 6.04. The molecule has 1 aliphatic rings. The van der Waals surface area contributed by atoms with E-state index >= 15 is 0 Å². The number of oxime groups is 1. The van der Waals surface area contributed by atoms with E-state index in [0.29, 0.717) is 6.54 Å². The standard InChI is InChI=1S/C15H22N4O4/c16-15(13-6-2-3-7-14(13)19(21)22)17-23-11-12(20)10-18-8-4-1-5-9-18/h2-3,6-7,12,20H,1,4-5,8-11H2,(H2,16,17). The summed E-state index contributed by atoms with van der Waals surface area (Å²) in [4.78, 5) is 17.7. The predicted octanol–water partition coefficient (Wildman–Crippen LogP) is 1.08. The zero-order valence-corrected chi connectivity index (χ0v) is 12.9. The van der Waals surface area contributed by atoms with Gasteiger partial charge in [0, 0.05) is 12.6 Å². The van der Waals surface area contributed by atoms with Gasteiger partial charge in [-0.1, -0.05) is 23.7 Å². The number of likely N-dealkylation sites (tertiary alicyclic amines) is 1. The van der Waals surface area contributed by atoms with E-state index in [9.17, 15) is 15.2 Å². The maximum absolute atomic E-state index is 10.9. The van der Waals surface area contributed by atoms with Crippen LogP contribution < -0.4 is 5.73 Å². The van der Waals surface area contributed by atoms with E-state index in [2.05, 4.69) is 10.1 Å². The summed E-state index contributed by atoms with van der Waals surface area (Å²) in [6.45, 7) is 2.50. The van der Waals surface area contributed by atoms with Crippen LogP contribution in [0.4, 0.5) is 5.69 Å². The van der Waals surface area contributed by atoms with Crippen LogP contribution in [0.2, 0.25) is 0 Å². The van der Waals surface area contributed by atoms with Gasteiger partial charge in [-0.3, -0.25) is 10.1 Å². The number of nitrogens with two attached hydrogens (primary N) is 1. The number of rotatable bonds is 7. The lowest BCUT2D eigenvalue weighted by Gasteiger charge is -2.27. The number of piperidine rings is 1. The van der Waals surface area contributed by atoms with Crippen molar-refractivity contribution in [2.45, 2.75) is 25.4 Å². The molecule has 0 saturated carbocycles. The molecule has 1 saturated heterocycles. The van der Waals surface area contributed by atoms with Crippen LogP contribution in [-0.4, -0.2) is 53.1 Å². The lowest BCUT2D eigenvalue weighted by molar-refractivity contribution is -0.385. The second-order valence-corrected chi connectivity index (χ2v) is 5.56. The smallest absolute Gasteiger partial charge is 0.280 e. The highest BCUT2D eigenvalue weighted by Crippen LogP contribution is 2.17. The Bertz CT molecular complexity index is 558. The van der Waals surface area contributed by atoms with Crippen LogP contribution in [-0.2, 0) is 4.84 Å². The second kappa shape index (κ2) is 8.44. The van der Waals surface area contributed by atoms with Gasteiger partial charge in [0.25, 0.3) is 5.69 Å². The third-order valence-corrected chi connectivity index (χ3v) is 3.72. The van der Waals surface area contributed by atoms with E-state index in [1.54, 1.807) is 12.1 Å². The first kappa shape index (κ1) is 17.2.